The second-order valence-corrected chi connectivity index (χ2v) is 9.72. The van der Waals surface area contributed by atoms with Crippen molar-refractivity contribution in [3.63, 3.8) is 0 Å². The van der Waals surface area contributed by atoms with E-state index in [0.717, 1.165) is 0 Å². The van der Waals surface area contributed by atoms with Crippen LogP contribution in [0.15, 0.2) is 82.7 Å². The topological polar surface area (TPSA) is 89.8 Å². The summed E-state index contributed by atoms with van der Waals surface area (Å²) in [7, 11) is -2.27. The summed E-state index contributed by atoms with van der Waals surface area (Å²) in [5, 5.41) is 0. The van der Waals surface area contributed by atoms with Crippen molar-refractivity contribution in [2.45, 2.75) is 11.4 Å². The largest absolute Gasteiger partial charge is 0.383 e. The number of nitrogens with one attached hydrogen (secondary N) is 1. The van der Waals surface area contributed by atoms with Crippen LogP contribution < -0.4 is 9.52 Å². The number of carbonyl (C=O) groups excluding carboxylic acids is 1. The van der Waals surface area contributed by atoms with Gasteiger partial charge in [0.05, 0.1) is 21.7 Å². The number of sulfonamides is 1. The first-order valence-electron chi connectivity index (χ1n) is 9.93. The molecule has 0 aliphatic heterocycles. The van der Waals surface area contributed by atoms with Crippen LogP contribution >= 0.6 is 11.3 Å². The highest BCUT2D eigenvalue weighted by Crippen LogP contribution is 2.21. The molecule has 0 radical (unpaired) electrons. The van der Waals surface area contributed by atoms with Crippen molar-refractivity contribution in [1.82, 2.24) is 4.57 Å². The molecule has 0 fully saturated rings. The van der Waals surface area contributed by atoms with Gasteiger partial charge < -0.3 is 9.30 Å². The van der Waals surface area contributed by atoms with Crippen LogP contribution in [-0.4, -0.2) is 32.6 Å². The summed E-state index contributed by atoms with van der Waals surface area (Å²) in [5.41, 5.74) is 0.782. The smallest absolute Gasteiger partial charge is 0.279 e. The van der Waals surface area contributed by atoms with E-state index in [9.17, 15) is 17.6 Å². The van der Waals surface area contributed by atoms with Gasteiger partial charge in [-0.25, -0.2) is 12.8 Å². The zero-order chi connectivity index (χ0) is 23.4. The molecule has 0 saturated heterocycles. The Hall–Kier alpha value is -3.34. The van der Waals surface area contributed by atoms with Crippen molar-refractivity contribution >= 4 is 43.2 Å². The lowest BCUT2D eigenvalue weighted by Crippen LogP contribution is -2.20. The standard InChI is InChI=1S/C23H20FN3O4S2/c1-31-14-13-27-21-19(24)11-6-12-20(21)32-23(27)25-22(28)16-7-5-8-17(15-16)26-33(29,30)18-9-3-2-4-10-18/h2-12,15,26H,13-14H2,1H3. The summed E-state index contributed by atoms with van der Waals surface area (Å²) >= 11 is 1.19. The fourth-order valence-corrected chi connectivity index (χ4v) is 5.38. The predicted molar refractivity (Wildman–Crippen MR) is 125 cm³/mol. The second kappa shape index (κ2) is 9.65. The number of benzene rings is 3. The van der Waals surface area contributed by atoms with E-state index in [0.29, 0.717) is 28.2 Å². The third kappa shape index (κ3) is 5.03. The van der Waals surface area contributed by atoms with Gasteiger partial charge in [0.1, 0.15) is 5.82 Å². The summed E-state index contributed by atoms with van der Waals surface area (Å²) in [6.07, 6.45) is 0. The van der Waals surface area contributed by atoms with Gasteiger partial charge >= 0.3 is 0 Å². The highest BCUT2D eigenvalue weighted by Gasteiger charge is 2.16. The molecule has 0 saturated carbocycles. The minimum atomic E-state index is -3.80. The monoisotopic (exact) mass is 485 g/mol. The zero-order valence-electron chi connectivity index (χ0n) is 17.6. The summed E-state index contributed by atoms with van der Waals surface area (Å²) < 4.78 is 49.5. The van der Waals surface area contributed by atoms with Crippen LogP contribution in [0.3, 0.4) is 0 Å². The van der Waals surface area contributed by atoms with Crippen molar-refractivity contribution in [2.24, 2.45) is 4.99 Å². The number of hydrogen-bond acceptors (Lipinski definition) is 5. The average Bonchev–Trinajstić information content (AvgIpc) is 3.16. The van der Waals surface area contributed by atoms with Gasteiger partial charge in [-0.15, -0.1) is 0 Å². The number of rotatable bonds is 7. The number of aromatic nitrogens is 1. The number of halogens is 1. The van der Waals surface area contributed by atoms with Gasteiger partial charge in [-0.2, -0.15) is 4.99 Å². The molecule has 0 aliphatic carbocycles. The van der Waals surface area contributed by atoms with Crippen LogP contribution in [0.2, 0.25) is 0 Å². The Kier molecular flexibility index (Phi) is 6.68. The Morgan fingerprint density at radius 3 is 2.61 bits per heavy atom. The van der Waals surface area contributed by atoms with E-state index in [2.05, 4.69) is 9.71 Å². The molecule has 10 heteroatoms. The maximum atomic E-state index is 14.5. The number of anilines is 1. The number of carbonyl (C=O) groups is 1. The molecular weight excluding hydrogens is 465 g/mol. The Labute approximate surface area is 193 Å². The predicted octanol–water partition coefficient (Wildman–Crippen LogP) is 4.03. The molecular formula is C23H20FN3O4S2. The minimum absolute atomic E-state index is 0.109. The lowest BCUT2D eigenvalue weighted by Gasteiger charge is -2.08. The number of thiazole rings is 1. The van der Waals surface area contributed by atoms with Crippen LogP contribution in [0.25, 0.3) is 10.2 Å². The lowest BCUT2D eigenvalue weighted by molar-refractivity contribution is 0.0997. The van der Waals surface area contributed by atoms with Gasteiger partial charge in [0.2, 0.25) is 0 Å². The molecule has 1 amide bonds. The molecule has 33 heavy (non-hydrogen) atoms. The minimum Gasteiger partial charge on any atom is -0.383 e. The van der Waals surface area contributed by atoms with Gasteiger partial charge in [0, 0.05) is 24.9 Å². The lowest BCUT2D eigenvalue weighted by atomic mass is 10.2. The molecule has 0 aliphatic rings. The Balaban J connectivity index is 1.69. The third-order valence-electron chi connectivity index (χ3n) is 4.78. The van der Waals surface area contributed by atoms with Gasteiger partial charge in [-0.1, -0.05) is 41.7 Å². The molecule has 1 heterocycles. The van der Waals surface area contributed by atoms with Crippen molar-refractivity contribution in [1.29, 1.82) is 0 Å². The zero-order valence-corrected chi connectivity index (χ0v) is 19.2. The van der Waals surface area contributed by atoms with E-state index in [1.807, 2.05) is 0 Å². The average molecular weight is 486 g/mol. The molecule has 0 bridgehead atoms. The van der Waals surface area contributed by atoms with Gasteiger partial charge in [-0.3, -0.25) is 9.52 Å². The van der Waals surface area contributed by atoms with Crippen molar-refractivity contribution in [2.75, 3.05) is 18.4 Å². The number of hydrogen-bond donors (Lipinski definition) is 1. The molecule has 4 aromatic rings. The molecule has 1 aromatic heterocycles. The summed E-state index contributed by atoms with van der Waals surface area (Å²) in [5.74, 6) is -0.986. The summed E-state index contributed by atoms with van der Waals surface area (Å²) in [6, 6.07) is 18.7. The highest BCUT2D eigenvalue weighted by molar-refractivity contribution is 7.92. The first-order valence-corrected chi connectivity index (χ1v) is 12.2. The maximum Gasteiger partial charge on any atom is 0.279 e. The van der Waals surface area contributed by atoms with E-state index >= 15 is 0 Å². The van der Waals surface area contributed by atoms with E-state index in [1.165, 1.54) is 42.7 Å². The maximum absolute atomic E-state index is 14.5. The van der Waals surface area contributed by atoms with Crippen molar-refractivity contribution < 1.29 is 22.3 Å². The van der Waals surface area contributed by atoms with E-state index in [-0.39, 0.29) is 16.1 Å². The molecule has 3 aromatic carbocycles. The van der Waals surface area contributed by atoms with Crippen LogP contribution in [0.1, 0.15) is 10.4 Å². The first-order chi connectivity index (χ1) is 15.9. The molecule has 0 atom stereocenters. The molecule has 170 valence electrons. The molecule has 7 nitrogen and oxygen atoms in total. The number of amides is 1. The van der Waals surface area contributed by atoms with E-state index in [4.69, 9.17) is 4.74 Å². The highest BCUT2D eigenvalue weighted by atomic mass is 32.2. The van der Waals surface area contributed by atoms with Gasteiger partial charge in [0.25, 0.3) is 15.9 Å². The Morgan fingerprint density at radius 1 is 1.09 bits per heavy atom. The van der Waals surface area contributed by atoms with Crippen LogP contribution in [0.5, 0.6) is 0 Å². The summed E-state index contributed by atoms with van der Waals surface area (Å²) in [4.78, 5) is 17.5. The molecule has 1 N–H and O–H groups in total. The number of fused-ring (bicyclic) bond motifs is 1. The first kappa shape index (κ1) is 22.8. The Bertz CT molecular complexity index is 1480. The molecule has 0 unspecified atom stereocenters. The number of para-hydroxylation sites is 1. The quantitative estimate of drug-likeness (QED) is 0.428. The molecule has 0 spiro atoms. The normalized spacial score (nSPS) is 12.2. The Morgan fingerprint density at radius 2 is 1.85 bits per heavy atom. The van der Waals surface area contributed by atoms with E-state index < -0.39 is 21.7 Å². The van der Waals surface area contributed by atoms with Gasteiger partial charge in [-0.05, 0) is 42.5 Å². The molecule has 4 rings (SSSR count). The fraction of sp³-hybridized carbons (Fsp3) is 0.130. The van der Waals surface area contributed by atoms with Crippen LogP contribution in [0, 0.1) is 5.82 Å². The van der Waals surface area contributed by atoms with Crippen molar-refractivity contribution in [3.05, 3.63) is 89.0 Å². The van der Waals surface area contributed by atoms with Crippen LogP contribution in [0.4, 0.5) is 10.1 Å². The third-order valence-corrected chi connectivity index (χ3v) is 7.22. The van der Waals surface area contributed by atoms with E-state index in [1.54, 1.807) is 53.1 Å². The van der Waals surface area contributed by atoms with Crippen LogP contribution in [-0.2, 0) is 21.3 Å². The fourth-order valence-electron chi connectivity index (χ4n) is 3.24. The van der Waals surface area contributed by atoms with Gasteiger partial charge in [0.15, 0.2) is 4.80 Å². The van der Waals surface area contributed by atoms with Crippen molar-refractivity contribution in [3.8, 4) is 0 Å². The number of ether oxygens (including phenoxy) is 1. The SMILES string of the molecule is COCCn1c(=NC(=O)c2cccc(NS(=O)(=O)c3ccccc3)c2)sc2cccc(F)c21. The summed E-state index contributed by atoms with van der Waals surface area (Å²) in [6.45, 7) is 0.638. The second-order valence-electron chi connectivity index (χ2n) is 7.03. The number of methoxy groups -OCH3 is 1. The number of nitrogens with zero attached hydrogens (tertiary/aromatic N) is 2.